The summed E-state index contributed by atoms with van der Waals surface area (Å²) in [5.41, 5.74) is 3.07. The van der Waals surface area contributed by atoms with Crippen molar-refractivity contribution in [3.8, 4) is 0 Å². The number of hydrogen-bond acceptors (Lipinski definition) is 4. The van der Waals surface area contributed by atoms with Gasteiger partial charge < -0.3 is 14.8 Å². The lowest BCUT2D eigenvalue weighted by atomic mass is 10.1. The van der Waals surface area contributed by atoms with Gasteiger partial charge in [0.2, 0.25) is 5.91 Å². The molecular formula is C17H21N5O2. The zero-order chi connectivity index (χ0) is 16.7. The Morgan fingerprint density at radius 1 is 1.08 bits per heavy atom. The molecule has 2 aliphatic heterocycles. The largest absolute Gasteiger partial charge is 0.369 e. The third kappa shape index (κ3) is 2.50. The molecule has 0 unspecified atom stereocenters. The smallest absolute Gasteiger partial charge is 0.328 e. The molecule has 7 nitrogen and oxygen atoms in total. The number of anilines is 2. The Morgan fingerprint density at radius 2 is 1.88 bits per heavy atom. The Morgan fingerprint density at radius 3 is 2.62 bits per heavy atom. The van der Waals surface area contributed by atoms with Gasteiger partial charge >= 0.3 is 6.03 Å². The summed E-state index contributed by atoms with van der Waals surface area (Å²) in [6.45, 7) is 4.22. The summed E-state index contributed by atoms with van der Waals surface area (Å²) in [4.78, 5) is 27.8. The molecule has 7 heteroatoms. The van der Waals surface area contributed by atoms with Crippen molar-refractivity contribution in [2.75, 3.05) is 42.5 Å². The highest BCUT2D eigenvalue weighted by molar-refractivity contribution is 6.10. The number of aryl methyl sites for hydroxylation is 1. The van der Waals surface area contributed by atoms with Crippen molar-refractivity contribution in [1.29, 1.82) is 0 Å². The topological polar surface area (TPSA) is 69.6 Å². The lowest BCUT2D eigenvalue weighted by Crippen LogP contribution is -2.49. The molecule has 2 aromatic rings. The van der Waals surface area contributed by atoms with E-state index in [1.165, 1.54) is 0 Å². The lowest BCUT2D eigenvalue weighted by Gasteiger charge is -2.32. The van der Waals surface area contributed by atoms with Crippen molar-refractivity contribution in [2.24, 2.45) is 7.05 Å². The van der Waals surface area contributed by atoms with Crippen LogP contribution < -0.4 is 20.4 Å². The Bertz CT molecular complexity index is 807. The highest BCUT2D eigenvalue weighted by Crippen LogP contribution is 2.34. The minimum absolute atomic E-state index is 0.209. The fourth-order valence-electron chi connectivity index (χ4n) is 3.46. The number of benzene rings is 1. The Labute approximate surface area is 140 Å². The Hall–Kier alpha value is -2.54. The number of rotatable bonds is 2. The van der Waals surface area contributed by atoms with Gasteiger partial charge in [-0.2, -0.15) is 0 Å². The van der Waals surface area contributed by atoms with Gasteiger partial charge in [-0.15, -0.1) is 0 Å². The average molecular weight is 327 g/mol. The van der Waals surface area contributed by atoms with Crippen molar-refractivity contribution in [3.05, 3.63) is 24.4 Å². The monoisotopic (exact) mass is 327 g/mol. The molecule has 3 heterocycles. The zero-order valence-electron chi connectivity index (χ0n) is 13.7. The number of hydrogen-bond donors (Lipinski definition) is 2. The van der Waals surface area contributed by atoms with Crippen molar-refractivity contribution >= 4 is 34.2 Å². The van der Waals surface area contributed by atoms with E-state index < -0.39 is 0 Å². The molecule has 3 amide bonds. The number of aromatic nitrogens is 1. The second-order valence-electron chi connectivity index (χ2n) is 6.32. The molecule has 1 aromatic heterocycles. The van der Waals surface area contributed by atoms with Crippen LogP contribution in [0.15, 0.2) is 24.4 Å². The fraction of sp³-hybridized carbons (Fsp3) is 0.412. The van der Waals surface area contributed by atoms with Gasteiger partial charge in [0, 0.05) is 63.5 Å². The number of fused-ring (bicyclic) bond motifs is 1. The van der Waals surface area contributed by atoms with Crippen LogP contribution in [-0.4, -0.2) is 49.2 Å². The van der Waals surface area contributed by atoms with Gasteiger partial charge in [-0.25, -0.2) is 4.79 Å². The van der Waals surface area contributed by atoms with Crippen LogP contribution in [0.1, 0.15) is 6.42 Å². The van der Waals surface area contributed by atoms with Crippen molar-refractivity contribution in [3.63, 3.8) is 0 Å². The van der Waals surface area contributed by atoms with E-state index in [1.807, 2.05) is 19.3 Å². The first kappa shape index (κ1) is 15.0. The third-order valence-corrected chi connectivity index (χ3v) is 4.79. The van der Waals surface area contributed by atoms with Gasteiger partial charge in [-0.1, -0.05) is 0 Å². The summed E-state index contributed by atoms with van der Waals surface area (Å²) in [6.07, 6.45) is 2.33. The molecule has 2 saturated heterocycles. The van der Waals surface area contributed by atoms with Gasteiger partial charge in [-0.05, 0) is 18.2 Å². The van der Waals surface area contributed by atoms with E-state index in [0.29, 0.717) is 13.0 Å². The molecule has 0 saturated carbocycles. The maximum Gasteiger partial charge on any atom is 0.328 e. The highest BCUT2D eigenvalue weighted by Gasteiger charge is 2.27. The van der Waals surface area contributed by atoms with Crippen LogP contribution in [0, 0.1) is 0 Å². The predicted octanol–water partition coefficient (Wildman–Crippen LogP) is 1.03. The minimum Gasteiger partial charge on any atom is -0.369 e. The number of urea groups is 1. The summed E-state index contributed by atoms with van der Waals surface area (Å²) in [5.74, 6) is -0.209. The number of carbonyl (C=O) groups is 2. The molecule has 2 fully saturated rings. The normalized spacial score (nSPS) is 19.0. The van der Waals surface area contributed by atoms with Crippen molar-refractivity contribution in [1.82, 2.24) is 15.2 Å². The van der Waals surface area contributed by atoms with E-state index in [4.69, 9.17) is 0 Å². The number of nitrogens with zero attached hydrogens (tertiary/aromatic N) is 3. The first-order valence-electron chi connectivity index (χ1n) is 8.29. The fourth-order valence-corrected chi connectivity index (χ4v) is 3.46. The van der Waals surface area contributed by atoms with E-state index in [2.05, 4.69) is 32.2 Å². The summed E-state index contributed by atoms with van der Waals surface area (Å²) >= 11 is 0. The molecule has 4 rings (SSSR count). The van der Waals surface area contributed by atoms with E-state index in [9.17, 15) is 9.59 Å². The van der Waals surface area contributed by atoms with Crippen molar-refractivity contribution in [2.45, 2.75) is 6.42 Å². The second-order valence-corrected chi connectivity index (χ2v) is 6.32. The van der Waals surface area contributed by atoms with E-state index >= 15 is 0 Å². The molecule has 0 spiro atoms. The molecule has 0 bridgehead atoms. The van der Waals surface area contributed by atoms with Gasteiger partial charge in [0.15, 0.2) is 0 Å². The van der Waals surface area contributed by atoms with E-state index in [0.717, 1.165) is 48.5 Å². The van der Waals surface area contributed by atoms with Gasteiger partial charge in [0.1, 0.15) is 0 Å². The van der Waals surface area contributed by atoms with Gasteiger partial charge in [-0.3, -0.25) is 15.0 Å². The number of amides is 3. The SMILES string of the molecule is Cn1ccc2c(N3CCC(=O)NC3=O)cc(N3CCNCC3)cc21. The number of piperazine rings is 1. The van der Waals surface area contributed by atoms with Gasteiger partial charge in [0.05, 0.1) is 11.2 Å². The average Bonchev–Trinajstić information content (AvgIpc) is 2.96. The molecule has 0 aliphatic carbocycles. The van der Waals surface area contributed by atoms with Crippen LogP contribution in [0.2, 0.25) is 0 Å². The predicted molar refractivity (Wildman–Crippen MR) is 93.5 cm³/mol. The molecule has 2 aliphatic rings. The molecule has 126 valence electrons. The van der Waals surface area contributed by atoms with E-state index in [-0.39, 0.29) is 11.9 Å². The quantitative estimate of drug-likeness (QED) is 0.864. The number of nitrogens with one attached hydrogen (secondary N) is 2. The van der Waals surface area contributed by atoms with Crippen LogP contribution in [-0.2, 0) is 11.8 Å². The third-order valence-electron chi connectivity index (χ3n) is 4.79. The lowest BCUT2D eigenvalue weighted by molar-refractivity contribution is -0.120. The molecule has 24 heavy (non-hydrogen) atoms. The molecule has 2 N–H and O–H groups in total. The summed E-state index contributed by atoms with van der Waals surface area (Å²) in [5, 5.41) is 6.80. The molecule has 1 aromatic carbocycles. The first-order chi connectivity index (χ1) is 11.6. The summed E-state index contributed by atoms with van der Waals surface area (Å²) in [6, 6.07) is 5.93. The van der Waals surface area contributed by atoms with Gasteiger partial charge in [0.25, 0.3) is 0 Å². The number of imide groups is 1. The van der Waals surface area contributed by atoms with Crippen LogP contribution in [0.25, 0.3) is 10.9 Å². The minimum atomic E-state index is -0.339. The van der Waals surface area contributed by atoms with Crippen LogP contribution in [0.4, 0.5) is 16.2 Å². The standard InChI is InChI=1S/C17H21N5O2/c1-20-6-2-13-14(20)10-12(21-8-4-18-5-9-21)11-15(13)22-7-3-16(23)19-17(22)24/h2,6,10-11,18H,3-5,7-9H2,1H3,(H,19,23,24). The van der Waals surface area contributed by atoms with Crippen LogP contribution in [0.5, 0.6) is 0 Å². The number of carbonyl (C=O) groups excluding carboxylic acids is 2. The maximum absolute atomic E-state index is 12.3. The Kier molecular flexibility index (Phi) is 3.65. The molecule has 0 radical (unpaired) electrons. The van der Waals surface area contributed by atoms with Crippen LogP contribution in [0.3, 0.4) is 0 Å². The maximum atomic E-state index is 12.3. The summed E-state index contributed by atoms with van der Waals surface area (Å²) in [7, 11) is 2.01. The zero-order valence-corrected chi connectivity index (χ0v) is 13.7. The van der Waals surface area contributed by atoms with E-state index in [1.54, 1.807) is 4.90 Å². The molecule has 0 atom stereocenters. The summed E-state index contributed by atoms with van der Waals surface area (Å²) < 4.78 is 2.07. The van der Waals surface area contributed by atoms with Crippen LogP contribution >= 0.6 is 0 Å². The van der Waals surface area contributed by atoms with Crippen molar-refractivity contribution < 1.29 is 9.59 Å². The highest BCUT2D eigenvalue weighted by atomic mass is 16.2. The Balaban J connectivity index is 1.80. The second kappa shape index (κ2) is 5.83. The molecular weight excluding hydrogens is 306 g/mol. The first-order valence-corrected chi connectivity index (χ1v) is 8.29.